The van der Waals surface area contributed by atoms with Crippen molar-refractivity contribution in [3.05, 3.63) is 18.2 Å². The van der Waals surface area contributed by atoms with Crippen LogP contribution in [0.1, 0.15) is 0 Å². The number of rotatable bonds is 10. The molecule has 29 heavy (non-hydrogen) atoms. The topological polar surface area (TPSA) is 113 Å². The van der Waals surface area contributed by atoms with Gasteiger partial charge in [0.2, 0.25) is 0 Å². The van der Waals surface area contributed by atoms with E-state index in [-0.39, 0.29) is 6.07 Å². The van der Waals surface area contributed by atoms with Crippen molar-refractivity contribution in [3.8, 4) is 0 Å². The van der Waals surface area contributed by atoms with Crippen LogP contribution >= 0.6 is 0 Å². The maximum atomic E-state index is 12.8. The summed E-state index contributed by atoms with van der Waals surface area (Å²) < 4.78 is 154. The van der Waals surface area contributed by atoms with E-state index in [1.807, 2.05) is 0 Å². The predicted octanol–water partition coefficient (Wildman–Crippen LogP) is 2.48. The predicted molar refractivity (Wildman–Crippen MR) is 79.0 cm³/mol. The highest BCUT2D eigenvalue weighted by molar-refractivity contribution is 7.87. The first-order valence-electron chi connectivity index (χ1n) is 6.93. The number of nitrogen functional groups attached to an aromatic ring is 1. The average Bonchev–Trinajstić information content (AvgIpc) is 2.58. The molecular weight excluding hydrogens is 470 g/mol. The normalized spacial score (nSPS) is 14.0. The van der Waals surface area contributed by atoms with Crippen LogP contribution in [0.25, 0.3) is 0 Å². The maximum absolute atomic E-state index is 12.8. The van der Waals surface area contributed by atoms with Gasteiger partial charge in [0, 0.05) is 0 Å². The molecule has 0 fully saturated rings. The highest BCUT2D eigenvalue weighted by Gasteiger charge is 2.44. The summed E-state index contributed by atoms with van der Waals surface area (Å²) >= 11 is 0. The van der Waals surface area contributed by atoms with Gasteiger partial charge in [0.15, 0.2) is 0 Å². The molecule has 0 aromatic heterocycles. The third-order valence-corrected chi connectivity index (χ3v) is 5.57. The van der Waals surface area contributed by atoms with Gasteiger partial charge in [-0.1, -0.05) is 0 Å². The van der Waals surface area contributed by atoms with Crippen LogP contribution in [-0.4, -0.2) is 54.7 Å². The van der Waals surface area contributed by atoms with Gasteiger partial charge in [-0.05, 0) is 18.2 Å². The van der Waals surface area contributed by atoms with Crippen molar-refractivity contribution in [1.82, 2.24) is 0 Å². The molecule has 7 nitrogen and oxygen atoms in total. The molecule has 0 atom stereocenters. The first kappa shape index (κ1) is 25.3. The van der Waals surface area contributed by atoms with Crippen LogP contribution in [0.5, 0.6) is 0 Å². The lowest BCUT2D eigenvalue weighted by molar-refractivity contribution is -0.147. The summed E-state index contributed by atoms with van der Waals surface area (Å²) in [6.45, 7) is -4.61. The largest absolute Gasteiger partial charge is 0.398 e. The van der Waals surface area contributed by atoms with Crippen molar-refractivity contribution in [2.24, 2.45) is 0 Å². The van der Waals surface area contributed by atoms with Crippen molar-refractivity contribution in [2.75, 3.05) is 18.9 Å². The molecule has 0 aliphatic carbocycles. The minimum absolute atomic E-state index is 0.126. The number of benzene rings is 1. The lowest BCUT2D eigenvalue weighted by Crippen LogP contribution is -2.34. The molecular formula is C12H11F8NO6S2. The monoisotopic (exact) mass is 481 g/mol. The molecule has 0 amide bonds. The van der Waals surface area contributed by atoms with E-state index in [2.05, 4.69) is 8.37 Å². The SMILES string of the molecule is Nc1ccc(S(=O)(=O)OCC(F)(F)C(F)F)cc1S(=O)(=O)OCC(F)(F)C(F)F. The molecule has 0 spiro atoms. The van der Waals surface area contributed by atoms with E-state index in [1.54, 1.807) is 0 Å². The van der Waals surface area contributed by atoms with Gasteiger partial charge in [-0.3, -0.25) is 8.37 Å². The van der Waals surface area contributed by atoms with Gasteiger partial charge in [0.05, 0.1) is 10.6 Å². The van der Waals surface area contributed by atoms with Crippen LogP contribution in [0.4, 0.5) is 40.8 Å². The first-order valence-corrected chi connectivity index (χ1v) is 9.74. The molecule has 0 aliphatic heterocycles. The number of hydrogen-bond acceptors (Lipinski definition) is 7. The summed E-state index contributed by atoms with van der Waals surface area (Å²) in [6.07, 6.45) is -8.56. The van der Waals surface area contributed by atoms with Crippen molar-refractivity contribution >= 4 is 25.9 Å². The summed E-state index contributed by atoms with van der Waals surface area (Å²) in [5.74, 6) is -9.74. The van der Waals surface area contributed by atoms with E-state index < -0.39 is 73.6 Å². The van der Waals surface area contributed by atoms with Crippen LogP contribution in [0.2, 0.25) is 0 Å². The van der Waals surface area contributed by atoms with E-state index in [0.29, 0.717) is 12.1 Å². The van der Waals surface area contributed by atoms with Crippen LogP contribution in [-0.2, 0) is 28.6 Å². The Kier molecular flexibility index (Phi) is 7.48. The Morgan fingerprint density at radius 2 is 1.24 bits per heavy atom. The second kappa shape index (κ2) is 8.57. The lowest BCUT2D eigenvalue weighted by atomic mass is 10.3. The molecule has 0 unspecified atom stereocenters. The molecule has 0 saturated carbocycles. The summed E-state index contributed by atoms with van der Waals surface area (Å²) in [5.41, 5.74) is 4.46. The van der Waals surface area contributed by atoms with Gasteiger partial charge in [-0.15, -0.1) is 0 Å². The third-order valence-electron chi connectivity index (χ3n) is 2.99. The zero-order chi connectivity index (χ0) is 22.8. The highest BCUT2D eigenvalue weighted by Crippen LogP contribution is 2.30. The number of nitrogens with two attached hydrogens (primary N) is 1. The Hall–Kier alpha value is -1.72. The summed E-state index contributed by atoms with van der Waals surface area (Å²) in [4.78, 5) is -2.49. The van der Waals surface area contributed by atoms with Gasteiger partial charge in [0.25, 0.3) is 20.2 Å². The van der Waals surface area contributed by atoms with E-state index >= 15 is 0 Å². The quantitative estimate of drug-likeness (QED) is 0.310. The Morgan fingerprint density at radius 3 is 1.66 bits per heavy atom. The fraction of sp³-hybridized carbons (Fsp3) is 0.500. The Morgan fingerprint density at radius 1 is 0.828 bits per heavy atom. The molecule has 17 heteroatoms. The smallest absolute Gasteiger partial charge is 0.331 e. The van der Waals surface area contributed by atoms with Crippen LogP contribution < -0.4 is 5.73 Å². The van der Waals surface area contributed by atoms with Crippen molar-refractivity contribution in [1.29, 1.82) is 0 Å². The summed E-state index contributed by atoms with van der Waals surface area (Å²) in [5, 5.41) is 0. The zero-order valence-corrected chi connectivity index (χ0v) is 15.3. The number of alkyl halides is 8. The number of hydrogen-bond donors (Lipinski definition) is 1. The molecule has 1 aromatic carbocycles. The fourth-order valence-electron chi connectivity index (χ4n) is 1.46. The Bertz CT molecular complexity index is 936. The standard InChI is InChI=1S/C12H11F8NO6S2/c13-9(14)11(17,18)4-26-28(22,23)6-1-2-7(21)8(3-6)29(24,25)27-5-12(19,20)10(15)16/h1-3,9-10H,4-5,21H2. The minimum Gasteiger partial charge on any atom is -0.398 e. The van der Waals surface area contributed by atoms with E-state index in [4.69, 9.17) is 5.73 Å². The number of halogens is 8. The molecule has 1 rings (SSSR count). The highest BCUT2D eigenvalue weighted by atomic mass is 32.2. The number of anilines is 1. The third kappa shape index (κ3) is 6.38. The minimum atomic E-state index is -5.32. The van der Waals surface area contributed by atoms with Gasteiger partial charge in [-0.2, -0.15) is 34.4 Å². The van der Waals surface area contributed by atoms with Gasteiger partial charge in [0.1, 0.15) is 18.1 Å². The fourth-order valence-corrected chi connectivity index (χ4v) is 3.54. The van der Waals surface area contributed by atoms with Crippen molar-refractivity contribution < 1.29 is 60.3 Å². The molecule has 0 bridgehead atoms. The molecule has 0 aliphatic rings. The molecule has 0 heterocycles. The van der Waals surface area contributed by atoms with Crippen molar-refractivity contribution in [2.45, 2.75) is 34.5 Å². The van der Waals surface area contributed by atoms with Crippen molar-refractivity contribution in [3.63, 3.8) is 0 Å². The first-order chi connectivity index (χ1) is 12.9. The molecule has 0 saturated heterocycles. The summed E-state index contributed by atoms with van der Waals surface area (Å²) in [6, 6.07) is 1.21. The zero-order valence-electron chi connectivity index (χ0n) is 13.7. The summed E-state index contributed by atoms with van der Waals surface area (Å²) in [7, 11) is -10.6. The maximum Gasteiger partial charge on any atom is 0.331 e. The molecule has 1 aromatic rings. The van der Waals surface area contributed by atoms with E-state index in [0.717, 1.165) is 0 Å². The second-order valence-electron chi connectivity index (χ2n) is 5.26. The molecule has 2 N–H and O–H groups in total. The van der Waals surface area contributed by atoms with E-state index in [9.17, 15) is 52.0 Å². The van der Waals surface area contributed by atoms with Gasteiger partial charge in [-0.25, -0.2) is 17.6 Å². The lowest BCUT2D eigenvalue weighted by Gasteiger charge is -2.17. The Balaban J connectivity index is 3.17. The van der Waals surface area contributed by atoms with Crippen LogP contribution in [0, 0.1) is 0 Å². The van der Waals surface area contributed by atoms with Crippen LogP contribution in [0.15, 0.2) is 28.0 Å². The van der Waals surface area contributed by atoms with Gasteiger partial charge >= 0.3 is 24.7 Å². The average molecular weight is 481 g/mol. The Labute approximate surface area is 158 Å². The molecule has 168 valence electrons. The van der Waals surface area contributed by atoms with Crippen LogP contribution in [0.3, 0.4) is 0 Å². The molecule has 0 radical (unpaired) electrons. The van der Waals surface area contributed by atoms with E-state index in [1.165, 1.54) is 0 Å². The second-order valence-corrected chi connectivity index (χ2v) is 8.45. The van der Waals surface area contributed by atoms with Gasteiger partial charge < -0.3 is 5.73 Å².